The second-order valence-electron chi connectivity index (χ2n) is 8.41. The van der Waals surface area contributed by atoms with Crippen molar-refractivity contribution in [3.05, 3.63) is 54.6 Å². The van der Waals surface area contributed by atoms with Crippen molar-refractivity contribution in [2.24, 2.45) is 0 Å². The largest absolute Gasteiger partial charge is 0.455 e. The van der Waals surface area contributed by atoms with Gasteiger partial charge in [0.05, 0.1) is 23.7 Å². The van der Waals surface area contributed by atoms with Crippen LogP contribution in [-0.4, -0.2) is 49.4 Å². The van der Waals surface area contributed by atoms with E-state index in [1.165, 1.54) is 6.42 Å². The van der Waals surface area contributed by atoms with Crippen LogP contribution in [0.4, 0.5) is 5.69 Å². The smallest absolute Gasteiger partial charge is 0.242 e. The van der Waals surface area contributed by atoms with E-state index in [0.29, 0.717) is 12.2 Å². The number of amides is 1. The molecule has 7 heteroatoms. The third-order valence-corrected chi connectivity index (χ3v) is 7.90. The molecular weight excluding hydrogens is 412 g/mol. The first-order valence-corrected chi connectivity index (χ1v) is 12.9. The van der Waals surface area contributed by atoms with Crippen molar-refractivity contribution in [3.8, 4) is 11.5 Å². The molecule has 1 amide bonds. The van der Waals surface area contributed by atoms with Crippen LogP contribution in [0.2, 0.25) is 0 Å². The number of nitrogens with one attached hydrogen (secondary N) is 1. The summed E-state index contributed by atoms with van der Waals surface area (Å²) >= 11 is 0. The number of ether oxygens (including phenoxy) is 1. The number of rotatable bonds is 7. The van der Waals surface area contributed by atoms with Crippen LogP contribution in [0.5, 0.6) is 11.5 Å². The van der Waals surface area contributed by atoms with Gasteiger partial charge in [0.1, 0.15) is 5.75 Å². The van der Waals surface area contributed by atoms with E-state index in [9.17, 15) is 13.2 Å². The summed E-state index contributed by atoms with van der Waals surface area (Å²) in [6.45, 7) is 0.113. The summed E-state index contributed by atoms with van der Waals surface area (Å²) in [6.07, 6.45) is 5.82. The molecule has 31 heavy (non-hydrogen) atoms. The predicted molar refractivity (Wildman–Crippen MR) is 122 cm³/mol. The van der Waals surface area contributed by atoms with Crippen LogP contribution in [0.25, 0.3) is 0 Å². The summed E-state index contributed by atoms with van der Waals surface area (Å²) < 4.78 is 30.1. The summed E-state index contributed by atoms with van der Waals surface area (Å²) in [4.78, 5) is 15.2. The van der Waals surface area contributed by atoms with E-state index in [0.717, 1.165) is 37.1 Å². The van der Waals surface area contributed by atoms with E-state index in [1.54, 1.807) is 0 Å². The Morgan fingerprint density at radius 1 is 0.935 bits per heavy atom. The van der Waals surface area contributed by atoms with E-state index < -0.39 is 9.84 Å². The molecule has 1 saturated carbocycles. The average Bonchev–Trinajstić information content (AvgIpc) is 3.14. The molecule has 0 aromatic heterocycles. The summed E-state index contributed by atoms with van der Waals surface area (Å²) in [6, 6.07) is 17.0. The molecule has 2 aromatic carbocycles. The number of nitrogens with zero attached hydrogens (tertiary/aromatic N) is 1. The summed E-state index contributed by atoms with van der Waals surface area (Å²) in [5.74, 6) is 1.60. The quantitative estimate of drug-likeness (QED) is 0.694. The Kier molecular flexibility index (Phi) is 6.80. The van der Waals surface area contributed by atoms with Gasteiger partial charge in [-0.15, -0.1) is 0 Å². The summed E-state index contributed by atoms with van der Waals surface area (Å²) in [5.41, 5.74) is 0.738. The van der Waals surface area contributed by atoms with Crippen LogP contribution in [0.1, 0.15) is 38.5 Å². The third kappa shape index (κ3) is 5.58. The molecular formula is C24H30N2O4S. The molecule has 1 aliphatic carbocycles. The van der Waals surface area contributed by atoms with Crippen LogP contribution in [-0.2, 0) is 14.6 Å². The monoisotopic (exact) mass is 442 g/mol. The molecule has 166 valence electrons. The van der Waals surface area contributed by atoms with E-state index in [4.69, 9.17) is 4.74 Å². The average molecular weight is 443 g/mol. The standard InChI is InChI=1S/C24H30N2O4S/c27-24(26(19-9-3-1-4-10-19)20-15-16-31(28,29)18-20)17-25-22-13-7-8-14-23(22)30-21-11-5-2-6-12-21/h2,5-8,11-14,19-20,25H,1,3-4,9-10,15-18H2/t20-/m0/s1. The first kappa shape index (κ1) is 21.7. The fourth-order valence-corrected chi connectivity index (χ4v) is 6.35. The maximum Gasteiger partial charge on any atom is 0.242 e. The first-order valence-electron chi connectivity index (χ1n) is 11.1. The molecule has 0 spiro atoms. The molecule has 1 saturated heterocycles. The topological polar surface area (TPSA) is 75.7 Å². The third-order valence-electron chi connectivity index (χ3n) is 6.15. The zero-order valence-electron chi connectivity index (χ0n) is 17.7. The van der Waals surface area contributed by atoms with Gasteiger partial charge in [-0.2, -0.15) is 0 Å². The fraction of sp³-hybridized carbons (Fsp3) is 0.458. The molecule has 2 fully saturated rings. The highest BCUT2D eigenvalue weighted by Crippen LogP contribution is 2.31. The van der Waals surface area contributed by atoms with Gasteiger partial charge >= 0.3 is 0 Å². The van der Waals surface area contributed by atoms with Crippen LogP contribution < -0.4 is 10.1 Å². The van der Waals surface area contributed by atoms with E-state index >= 15 is 0 Å². The number of carbonyl (C=O) groups is 1. The van der Waals surface area contributed by atoms with E-state index in [2.05, 4.69) is 5.32 Å². The summed E-state index contributed by atoms with van der Waals surface area (Å²) in [5, 5.41) is 3.23. The highest BCUT2D eigenvalue weighted by atomic mass is 32.2. The number of hydrogen-bond donors (Lipinski definition) is 1. The lowest BCUT2D eigenvalue weighted by Crippen LogP contribution is -2.50. The minimum absolute atomic E-state index is 0.0384. The first-order chi connectivity index (χ1) is 15.0. The van der Waals surface area contributed by atoms with Crippen LogP contribution in [0.3, 0.4) is 0 Å². The van der Waals surface area contributed by atoms with Crippen molar-refractivity contribution < 1.29 is 17.9 Å². The number of para-hydroxylation sites is 3. The normalized spacial score (nSPS) is 20.8. The maximum absolute atomic E-state index is 13.3. The van der Waals surface area contributed by atoms with Gasteiger partial charge in [0, 0.05) is 12.1 Å². The van der Waals surface area contributed by atoms with Crippen LogP contribution in [0.15, 0.2) is 54.6 Å². The minimum Gasteiger partial charge on any atom is -0.455 e. The van der Waals surface area contributed by atoms with Crippen molar-refractivity contribution in [2.45, 2.75) is 50.6 Å². The Labute approximate surface area is 184 Å². The molecule has 2 aliphatic rings. The van der Waals surface area contributed by atoms with Crippen molar-refractivity contribution in [2.75, 3.05) is 23.4 Å². The molecule has 0 radical (unpaired) electrons. The number of anilines is 1. The van der Waals surface area contributed by atoms with Gasteiger partial charge in [0.2, 0.25) is 5.91 Å². The molecule has 6 nitrogen and oxygen atoms in total. The lowest BCUT2D eigenvalue weighted by Gasteiger charge is -2.38. The Morgan fingerprint density at radius 2 is 1.65 bits per heavy atom. The number of benzene rings is 2. The molecule has 1 N–H and O–H groups in total. The molecule has 1 aliphatic heterocycles. The van der Waals surface area contributed by atoms with Gasteiger partial charge < -0.3 is 15.0 Å². The second kappa shape index (κ2) is 9.73. The molecule has 2 aromatic rings. The molecule has 0 bridgehead atoms. The highest BCUT2D eigenvalue weighted by Gasteiger charge is 2.38. The van der Waals surface area contributed by atoms with Gasteiger partial charge in [-0.05, 0) is 43.5 Å². The van der Waals surface area contributed by atoms with Gasteiger partial charge in [0.25, 0.3) is 0 Å². The molecule has 1 heterocycles. The molecule has 0 unspecified atom stereocenters. The maximum atomic E-state index is 13.3. The van der Waals surface area contributed by atoms with Gasteiger partial charge in [-0.25, -0.2) is 8.42 Å². The fourth-order valence-electron chi connectivity index (χ4n) is 4.64. The van der Waals surface area contributed by atoms with Gasteiger partial charge in [-0.1, -0.05) is 49.6 Å². The lowest BCUT2D eigenvalue weighted by atomic mass is 9.93. The SMILES string of the molecule is O=C(CNc1ccccc1Oc1ccccc1)N(C1CCCCC1)[C@H]1CCS(=O)(=O)C1. The van der Waals surface area contributed by atoms with Crippen molar-refractivity contribution in [1.82, 2.24) is 4.90 Å². The van der Waals surface area contributed by atoms with Crippen molar-refractivity contribution in [3.63, 3.8) is 0 Å². The van der Waals surface area contributed by atoms with Crippen LogP contribution in [0, 0.1) is 0 Å². The molecule has 4 rings (SSSR count). The van der Waals surface area contributed by atoms with E-state index in [1.807, 2.05) is 59.5 Å². The predicted octanol–water partition coefficient (Wildman–Crippen LogP) is 4.24. The van der Waals surface area contributed by atoms with Gasteiger partial charge in [-0.3, -0.25) is 4.79 Å². The highest BCUT2D eigenvalue weighted by molar-refractivity contribution is 7.91. The molecule has 1 atom stereocenters. The van der Waals surface area contributed by atoms with Gasteiger partial charge in [0.15, 0.2) is 15.6 Å². The Balaban J connectivity index is 1.47. The number of sulfone groups is 1. The Hall–Kier alpha value is -2.54. The lowest BCUT2D eigenvalue weighted by molar-refractivity contribution is -0.134. The zero-order chi connectivity index (χ0) is 21.7. The van der Waals surface area contributed by atoms with Crippen molar-refractivity contribution in [1.29, 1.82) is 0 Å². The number of carbonyl (C=O) groups excluding carboxylic acids is 1. The minimum atomic E-state index is -3.06. The van der Waals surface area contributed by atoms with Crippen LogP contribution >= 0.6 is 0 Å². The Bertz CT molecular complexity index is 988. The number of hydrogen-bond acceptors (Lipinski definition) is 5. The van der Waals surface area contributed by atoms with Crippen molar-refractivity contribution >= 4 is 21.4 Å². The zero-order valence-corrected chi connectivity index (χ0v) is 18.5. The Morgan fingerprint density at radius 3 is 2.35 bits per heavy atom. The van der Waals surface area contributed by atoms with E-state index in [-0.39, 0.29) is 36.0 Å². The second-order valence-corrected chi connectivity index (χ2v) is 10.6. The summed E-state index contributed by atoms with van der Waals surface area (Å²) in [7, 11) is -3.06.